The van der Waals surface area contributed by atoms with Crippen molar-refractivity contribution in [1.82, 2.24) is 9.78 Å². The minimum absolute atomic E-state index is 0.469. The van der Waals surface area contributed by atoms with Gasteiger partial charge in [0.05, 0.1) is 16.7 Å². The van der Waals surface area contributed by atoms with Crippen LogP contribution in [0.5, 0.6) is 0 Å². The van der Waals surface area contributed by atoms with Gasteiger partial charge in [0.2, 0.25) is 0 Å². The van der Waals surface area contributed by atoms with Crippen molar-refractivity contribution in [3.8, 4) is 0 Å². The van der Waals surface area contributed by atoms with Gasteiger partial charge in [0.15, 0.2) is 0 Å². The Morgan fingerprint density at radius 3 is 3.00 bits per heavy atom. The Kier molecular flexibility index (Phi) is 2.55. The number of halogens is 1. The van der Waals surface area contributed by atoms with E-state index in [1.54, 1.807) is 6.20 Å². The van der Waals surface area contributed by atoms with E-state index in [0.29, 0.717) is 11.3 Å². The Morgan fingerprint density at radius 1 is 1.77 bits per heavy atom. The molecule has 3 nitrogen and oxygen atoms in total. The number of aromatic nitrogens is 2. The lowest BCUT2D eigenvalue weighted by atomic mass is 10.2. The predicted molar refractivity (Wildman–Crippen MR) is 59.9 cm³/mol. The number of rotatable bonds is 1. The van der Waals surface area contributed by atoms with Gasteiger partial charge in [-0.25, -0.2) is 4.68 Å². The molecule has 0 amide bonds. The summed E-state index contributed by atoms with van der Waals surface area (Å²) in [5.74, 6) is 1.96. The second-order valence-electron chi connectivity index (χ2n) is 3.25. The monoisotopic (exact) mass is 261 g/mol. The summed E-state index contributed by atoms with van der Waals surface area (Å²) in [5, 5.41) is 4.90. The van der Waals surface area contributed by atoms with E-state index in [-0.39, 0.29) is 0 Å². The molecular formula is C8H12BrN3S. The highest BCUT2D eigenvalue weighted by Gasteiger charge is 2.27. The second kappa shape index (κ2) is 3.53. The molecule has 0 aromatic carbocycles. The van der Waals surface area contributed by atoms with Gasteiger partial charge >= 0.3 is 0 Å². The maximum atomic E-state index is 5.89. The molecule has 2 N–H and O–H groups in total. The molecule has 1 saturated heterocycles. The van der Waals surface area contributed by atoms with E-state index in [0.717, 1.165) is 10.3 Å². The summed E-state index contributed by atoms with van der Waals surface area (Å²) in [6.07, 6.45) is 2.94. The highest BCUT2D eigenvalue weighted by Crippen LogP contribution is 2.37. The van der Waals surface area contributed by atoms with Crippen LogP contribution in [0.4, 0.5) is 5.82 Å². The van der Waals surface area contributed by atoms with Gasteiger partial charge in [-0.3, -0.25) is 0 Å². The largest absolute Gasteiger partial charge is 0.383 e. The third-order valence-corrected chi connectivity index (χ3v) is 4.36. The van der Waals surface area contributed by atoms with E-state index in [4.69, 9.17) is 5.73 Å². The van der Waals surface area contributed by atoms with E-state index in [2.05, 4.69) is 28.0 Å². The summed E-state index contributed by atoms with van der Waals surface area (Å²) < 4.78 is 2.84. The van der Waals surface area contributed by atoms with Crippen molar-refractivity contribution in [1.29, 1.82) is 0 Å². The van der Waals surface area contributed by atoms with Crippen LogP contribution in [-0.2, 0) is 0 Å². The zero-order chi connectivity index (χ0) is 9.42. The fraction of sp³-hybridized carbons (Fsp3) is 0.625. The number of thioether (sulfide) groups is 1. The summed E-state index contributed by atoms with van der Waals surface area (Å²) in [5.41, 5.74) is 5.89. The molecule has 2 rings (SSSR count). The van der Waals surface area contributed by atoms with Crippen LogP contribution in [-0.4, -0.2) is 20.8 Å². The van der Waals surface area contributed by atoms with Gasteiger partial charge in [-0.2, -0.15) is 16.9 Å². The molecule has 2 unspecified atom stereocenters. The molecule has 0 bridgehead atoms. The highest BCUT2D eigenvalue weighted by molar-refractivity contribution is 9.10. The van der Waals surface area contributed by atoms with Crippen LogP contribution in [0.3, 0.4) is 0 Å². The van der Waals surface area contributed by atoms with Crippen molar-refractivity contribution in [3.63, 3.8) is 0 Å². The van der Waals surface area contributed by atoms with Crippen LogP contribution in [0.1, 0.15) is 19.4 Å². The maximum absolute atomic E-state index is 5.89. The van der Waals surface area contributed by atoms with Gasteiger partial charge in [-0.05, 0) is 28.1 Å². The average molecular weight is 262 g/mol. The Balaban J connectivity index is 2.29. The van der Waals surface area contributed by atoms with Gasteiger partial charge in [0.1, 0.15) is 5.82 Å². The Bertz CT molecular complexity index is 312. The smallest absolute Gasteiger partial charge is 0.136 e. The van der Waals surface area contributed by atoms with Gasteiger partial charge in [-0.15, -0.1) is 0 Å². The van der Waals surface area contributed by atoms with Crippen LogP contribution in [0.15, 0.2) is 10.7 Å². The fourth-order valence-corrected chi connectivity index (χ4v) is 3.15. The first-order valence-electron chi connectivity index (χ1n) is 4.30. The van der Waals surface area contributed by atoms with Gasteiger partial charge < -0.3 is 5.73 Å². The predicted octanol–water partition coefficient (Wildman–Crippen LogP) is 2.29. The fourth-order valence-electron chi connectivity index (χ4n) is 1.66. The number of nitrogens with zero attached hydrogens (tertiary/aromatic N) is 2. The molecule has 0 aliphatic carbocycles. The first kappa shape index (κ1) is 9.40. The second-order valence-corrected chi connectivity index (χ2v) is 5.59. The molecule has 13 heavy (non-hydrogen) atoms. The van der Waals surface area contributed by atoms with E-state index in [9.17, 15) is 0 Å². The molecular weight excluding hydrogens is 250 g/mol. The third kappa shape index (κ3) is 1.59. The van der Waals surface area contributed by atoms with Crippen LogP contribution < -0.4 is 5.73 Å². The lowest BCUT2D eigenvalue weighted by molar-refractivity contribution is 0.463. The number of anilines is 1. The van der Waals surface area contributed by atoms with Crippen LogP contribution >= 0.6 is 27.7 Å². The Morgan fingerprint density at radius 2 is 2.54 bits per heavy atom. The van der Waals surface area contributed by atoms with E-state index < -0.39 is 0 Å². The molecule has 0 saturated carbocycles. The molecule has 5 heteroatoms. The third-order valence-electron chi connectivity index (χ3n) is 2.44. The topological polar surface area (TPSA) is 43.8 Å². The van der Waals surface area contributed by atoms with Crippen molar-refractivity contribution >= 4 is 33.5 Å². The summed E-state index contributed by atoms with van der Waals surface area (Å²) in [6, 6.07) is 0.469. The Hall–Kier alpha value is -0.160. The standard InChI is InChI=1S/C8H12BrN3S/c1-5-7(2-3-13-5)12-8(10)6(9)4-11-12/h4-5,7H,2-3,10H2,1H3. The normalized spacial score (nSPS) is 28.2. The SMILES string of the molecule is CC1SCCC1n1ncc(Br)c1N. The maximum Gasteiger partial charge on any atom is 0.136 e. The summed E-state index contributed by atoms with van der Waals surface area (Å²) in [6.45, 7) is 2.23. The molecule has 72 valence electrons. The van der Waals surface area contributed by atoms with Crippen molar-refractivity contribution in [2.75, 3.05) is 11.5 Å². The number of hydrogen-bond acceptors (Lipinski definition) is 3. The van der Waals surface area contributed by atoms with Crippen molar-refractivity contribution in [2.45, 2.75) is 24.6 Å². The summed E-state index contributed by atoms with van der Waals surface area (Å²) in [7, 11) is 0. The molecule has 1 aromatic rings. The first-order valence-corrected chi connectivity index (χ1v) is 6.14. The Labute approximate surface area is 90.2 Å². The van der Waals surface area contributed by atoms with E-state index in [1.165, 1.54) is 12.2 Å². The van der Waals surface area contributed by atoms with Crippen LogP contribution in [0.25, 0.3) is 0 Å². The summed E-state index contributed by atoms with van der Waals surface area (Å²) >= 11 is 5.35. The summed E-state index contributed by atoms with van der Waals surface area (Å²) in [4.78, 5) is 0. The number of nitrogens with two attached hydrogens (primary N) is 1. The zero-order valence-electron chi connectivity index (χ0n) is 7.40. The average Bonchev–Trinajstić information content (AvgIpc) is 2.62. The minimum atomic E-state index is 0.469. The molecule has 0 radical (unpaired) electrons. The number of nitrogen functional groups attached to an aromatic ring is 1. The van der Waals surface area contributed by atoms with Crippen molar-refractivity contribution in [3.05, 3.63) is 10.7 Å². The quantitative estimate of drug-likeness (QED) is 0.844. The number of hydrogen-bond donors (Lipinski definition) is 1. The molecule has 1 aliphatic heterocycles. The van der Waals surface area contributed by atoms with Gasteiger partial charge in [-0.1, -0.05) is 6.92 Å². The lowest BCUT2D eigenvalue weighted by Gasteiger charge is -2.16. The van der Waals surface area contributed by atoms with Gasteiger partial charge in [0.25, 0.3) is 0 Å². The molecule has 1 aromatic heterocycles. The zero-order valence-corrected chi connectivity index (χ0v) is 9.81. The van der Waals surface area contributed by atoms with Crippen molar-refractivity contribution < 1.29 is 0 Å². The highest BCUT2D eigenvalue weighted by atomic mass is 79.9. The van der Waals surface area contributed by atoms with Crippen LogP contribution in [0.2, 0.25) is 0 Å². The molecule has 1 aliphatic rings. The van der Waals surface area contributed by atoms with Gasteiger partial charge in [0, 0.05) is 5.25 Å². The van der Waals surface area contributed by atoms with E-state index >= 15 is 0 Å². The first-order chi connectivity index (χ1) is 6.20. The van der Waals surface area contributed by atoms with Crippen LogP contribution in [0, 0.1) is 0 Å². The van der Waals surface area contributed by atoms with E-state index in [1.807, 2.05) is 16.4 Å². The molecule has 2 atom stereocenters. The molecule has 2 heterocycles. The molecule has 1 fully saturated rings. The molecule has 0 spiro atoms. The minimum Gasteiger partial charge on any atom is -0.383 e. The van der Waals surface area contributed by atoms with Crippen molar-refractivity contribution in [2.24, 2.45) is 0 Å². The lowest BCUT2D eigenvalue weighted by Crippen LogP contribution is -2.17.